The maximum atomic E-state index is 5.53. The Labute approximate surface area is 154 Å². The van der Waals surface area contributed by atoms with Crippen molar-refractivity contribution in [1.82, 2.24) is 24.6 Å². The predicted molar refractivity (Wildman–Crippen MR) is 96.9 cm³/mol. The van der Waals surface area contributed by atoms with Crippen molar-refractivity contribution in [1.29, 1.82) is 0 Å². The fourth-order valence-corrected chi connectivity index (χ4v) is 4.34. The number of imidazole rings is 1. The molecule has 0 radical (unpaired) electrons. The van der Waals surface area contributed by atoms with Crippen molar-refractivity contribution in [2.75, 3.05) is 26.8 Å². The van der Waals surface area contributed by atoms with E-state index in [1.54, 1.807) is 7.11 Å². The van der Waals surface area contributed by atoms with Crippen molar-refractivity contribution in [3.8, 4) is 0 Å². The van der Waals surface area contributed by atoms with Gasteiger partial charge in [0.25, 0.3) is 0 Å². The summed E-state index contributed by atoms with van der Waals surface area (Å²) in [6.45, 7) is 4.43. The molecule has 26 heavy (non-hydrogen) atoms. The Hall–Kier alpha value is -1.73. The molecule has 0 bridgehead atoms. The lowest BCUT2D eigenvalue weighted by molar-refractivity contribution is 0.175. The lowest BCUT2D eigenvalue weighted by Gasteiger charge is -2.31. The first-order valence-corrected chi connectivity index (χ1v) is 9.88. The van der Waals surface area contributed by atoms with Crippen LogP contribution in [0.5, 0.6) is 0 Å². The Bertz CT molecular complexity index is 692. The molecule has 4 rings (SSSR count). The zero-order valence-corrected chi connectivity index (χ0v) is 15.6. The Balaban J connectivity index is 1.37. The molecule has 0 N–H and O–H groups in total. The van der Waals surface area contributed by atoms with Gasteiger partial charge in [0, 0.05) is 44.4 Å². The van der Waals surface area contributed by atoms with Gasteiger partial charge in [0.2, 0.25) is 5.89 Å². The van der Waals surface area contributed by atoms with Crippen LogP contribution in [-0.2, 0) is 17.8 Å². The zero-order chi connectivity index (χ0) is 17.8. The summed E-state index contributed by atoms with van der Waals surface area (Å²) < 4.78 is 13.0. The van der Waals surface area contributed by atoms with Gasteiger partial charge in [-0.2, -0.15) is 4.98 Å². The first kappa shape index (κ1) is 17.7. The van der Waals surface area contributed by atoms with Crippen molar-refractivity contribution in [2.45, 2.75) is 63.5 Å². The van der Waals surface area contributed by atoms with E-state index in [1.165, 1.54) is 44.3 Å². The maximum Gasteiger partial charge on any atom is 0.229 e. The molecule has 1 atom stereocenters. The van der Waals surface area contributed by atoms with E-state index in [2.05, 4.69) is 30.8 Å². The quantitative estimate of drug-likeness (QED) is 0.757. The van der Waals surface area contributed by atoms with Gasteiger partial charge in [0.1, 0.15) is 5.82 Å². The molecule has 2 aromatic rings. The molecule has 1 saturated heterocycles. The van der Waals surface area contributed by atoms with E-state index < -0.39 is 0 Å². The highest BCUT2D eigenvalue weighted by molar-refractivity contribution is 5.04. The van der Waals surface area contributed by atoms with Crippen molar-refractivity contribution in [3.05, 3.63) is 29.9 Å². The van der Waals surface area contributed by atoms with Gasteiger partial charge in [-0.3, -0.25) is 4.90 Å². The average molecular weight is 359 g/mol. The number of ether oxygens (including phenoxy) is 1. The van der Waals surface area contributed by atoms with Crippen molar-refractivity contribution >= 4 is 0 Å². The summed E-state index contributed by atoms with van der Waals surface area (Å²) >= 11 is 0. The summed E-state index contributed by atoms with van der Waals surface area (Å²) in [5, 5.41) is 4.24. The molecule has 0 unspecified atom stereocenters. The van der Waals surface area contributed by atoms with Crippen LogP contribution in [0.4, 0.5) is 0 Å². The maximum absolute atomic E-state index is 5.53. The Kier molecular flexibility index (Phi) is 5.65. The average Bonchev–Trinajstić information content (AvgIpc) is 3.41. The minimum absolute atomic E-state index is 0.455. The highest BCUT2D eigenvalue weighted by Crippen LogP contribution is 2.33. The van der Waals surface area contributed by atoms with Crippen LogP contribution < -0.4 is 0 Å². The standard InChI is InChI=1S/C19H29N5O2/c1-25-12-11-24-10-8-20-18(24)16-7-4-9-23(13-16)14-17-21-19(26-22-17)15-5-2-3-6-15/h8,10,15-16H,2-7,9,11-14H2,1H3/t16-/m1/s1. The predicted octanol–water partition coefficient (Wildman–Crippen LogP) is 2.95. The van der Waals surface area contributed by atoms with Crippen LogP contribution in [-0.4, -0.2) is 51.4 Å². The number of piperidine rings is 1. The number of hydrogen-bond donors (Lipinski definition) is 0. The fourth-order valence-electron chi connectivity index (χ4n) is 4.34. The van der Waals surface area contributed by atoms with Crippen LogP contribution >= 0.6 is 0 Å². The smallest absolute Gasteiger partial charge is 0.229 e. The van der Waals surface area contributed by atoms with Gasteiger partial charge in [0.15, 0.2) is 5.82 Å². The molecular weight excluding hydrogens is 330 g/mol. The van der Waals surface area contributed by atoms with E-state index in [4.69, 9.17) is 9.26 Å². The second-order valence-corrected chi connectivity index (χ2v) is 7.58. The summed E-state index contributed by atoms with van der Waals surface area (Å²) in [7, 11) is 1.74. The molecule has 7 heteroatoms. The number of nitrogens with zero attached hydrogens (tertiary/aromatic N) is 5. The molecule has 3 heterocycles. The van der Waals surface area contributed by atoms with Crippen LogP contribution in [0.3, 0.4) is 0 Å². The van der Waals surface area contributed by atoms with Gasteiger partial charge >= 0.3 is 0 Å². The summed E-state index contributed by atoms with van der Waals surface area (Å²) in [6, 6.07) is 0. The zero-order valence-electron chi connectivity index (χ0n) is 15.6. The molecule has 1 aliphatic carbocycles. The monoisotopic (exact) mass is 359 g/mol. The lowest BCUT2D eigenvalue weighted by Crippen LogP contribution is -2.35. The summed E-state index contributed by atoms with van der Waals surface area (Å²) in [5.74, 6) is 3.79. The fraction of sp³-hybridized carbons (Fsp3) is 0.737. The number of hydrogen-bond acceptors (Lipinski definition) is 6. The van der Waals surface area contributed by atoms with Crippen molar-refractivity contribution in [2.24, 2.45) is 0 Å². The molecule has 142 valence electrons. The van der Waals surface area contributed by atoms with E-state index in [0.29, 0.717) is 18.4 Å². The largest absolute Gasteiger partial charge is 0.383 e. The van der Waals surface area contributed by atoms with Gasteiger partial charge in [-0.1, -0.05) is 18.0 Å². The SMILES string of the molecule is COCCn1ccnc1[C@@H]1CCCN(Cc2noc(C3CCCC3)n2)C1. The molecule has 0 aromatic carbocycles. The first-order chi connectivity index (χ1) is 12.8. The van der Waals surface area contributed by atoms with Crippen LogP contribution in [0.15, 0.2) is 16.9 Å². The minimum atomic E-state index is 0.455. The molecule has 1 aliphatic heterocycles. The van der Waals surface area contributed by atoms with Crippen LogP contribution in [0.25, 0.3) is 0 Å². The third-order valence-electron chi connectivity index (χ3n) is 5.71. The molecule has 1 saturated carbocycles. The molecule has 2 aliphatic rings. The first-order valence-electron chi connectivity index (χ1n) is 9.88. The Morgan fingerprint density at radius 1 is 1.19 bits per heavy atom. The highest BCUT2D eigenvalue weighted by atomic mass is 16.5. The van der Waals surface area contributed by atoms with Crippen LogP contribution in [0.1, 0.15) is 67.9 Å². The lowest BCUT2D eigenvalue weighted by atomic mass is 9.97. The molecular formula is C19H29N5O2. The Morgan fingerprint density at radius 3 is 2.88 bits per heavy atom. The number of rotatable bonds is 7. The summed E-state index contributed by atoms with van der Waals surface area (Å²) in [5.41, 5.74) is 0. The van der Waals surface area contributed by atoms with E-state index in [0.717, 1.165) is 37.9 Å². The summed E-state index contributed by atoms with van der Waals surface area (Å²) in [6.07, 6.45) is 11.3. The van der Waals surface area contributed by atoms with Crippen molar-refractivity contribution in [3.63, 3.8) is 0 Å². The van der Waals surface area contributed by atoms with Crippen LogP contribution in [0.2, 0.25) is 0 Å². The third-order valence-corrected chi connectivity index (χ3v) is 5.71. The molecule has 7 nitrogen and oxygen atoms in total. The number of aromatic nitrogens is 4. The van der Waals surface area contributed by atoms with Gasteiger partial charge < -0.3 is 13.8 Å². The van der Waals surface area contributed by atoms with Crippen LogP contribution in [0, 0.1) is 0 Å². The summed E-state index contributed by atoms with van der Waals surface area (Å²) in [4.78, 5) is 11.7. The van der Waals surface area contributed by atoms with E-state index in [-0.39, 0.29) is 0 Å². The van der Waals surface area contributed by atoms with Gasteiger partial charge in [-0.15, -0.1) is 0 Å². The second-order valence-electron chi connectivity index (χ2n) is 7.58. The third kappa shape index (κ3) is 3.99. The van der Waals surface area contributed by atoms with Gasteiger partial charge in [-0.05, 0) is 32.2 Å². The van der Waals surface area contributed by atoms with E-state index >= 15 is 0 Å². The topological polar surface area (TPSA) is 69.2 Å². The molecule has 2 aromatic heterocycles. The molecule has 0 spiro atoms. The highest BCUT2D eigenvalue weighted by Gasteiger charge is 2.27. The van der Waals surface area contributed by atoms with Crippen molar-refractivity contribution < 1.29 is 9.26 Å². The minimum Gasteiger partial charge on any atom is -0.383 e. The molecule has 2 fully saturated rings. The number of likely N-dealkylation sites (tertiary alicyclic amines) is 1. The van der Waals surface area contributed by atoms with Gasteiger partial charge in [-0.25, -0.2) is 4.98 Å². The van der Waals surface area contributed by atoms with E-state index in [9.17, 15) is 0 Å². The van der Waals surface area contributed by atoms with Gasteiger partial charge in [0.05, 0.1) is 13.2 Å². The van der Waals surface area contributed by atoms with E-state index in [1.807, 2.05) is 6.20 Å². The Morgan fingerprint density at radius 2 is 2.04 bits per heavy atom. The second kappa shape index (κ2) is 8.31. The molecule has 0 amide bonds. The number of methoxy groups -OCH3 is 1. The normalized spacial score (nSPS) is 22.3.